The molecule has 0 aliphatic carbocycles. The average Bonchev–Trinajstić information content (AvgIpc) is 2.76. The monoisotopic (exact) mass is 407 g/mol. The Hall–Kier alpha value is -4.54. The van der Waals surface area contributed by atoms with E-state index in [2.05, 4.69) is 20.7 Å². The fraction of sp³-hybridized carbons (Fsp3) is 0.0526. The maximum Gasteiger partial charge on any atom is 0.299 e. The predicted octanol–water partition coefficient (Wildman–Crippen LogP) is 1.89. The number of benzene rings is 2. The fourth-order valence-electron chi connectivity index (χ4n) is 2.41. The van der Waals surface area contributed by atoms with Crippen LogP contribution in [-0.2, 0) is 0 Å². The first-order valence-corrected chi connectivity index (χ1v) is 8.59. The maximum absolute atomic E-state index is 12.4. The molecule has 0 amide bonds. The third-order valence-electron chi connectivity index (χ3n) is 3.97. The molecule has 0 atom stereocenters. The van der Waals surface area contributed by atoms with Crippen molar-refractivity contribution >= 4 is 30.0 Å². The van der Waals surface area contributed by atoms with Gasteiger partial charge in [-0.25, -0.2) is 5.43 Å². The number of nitrogens with zero attached hydrogens (tertiary/aromatic N) is 5. The van der Waals surface area contributed by atoms with Crippen LogP contribution in [0.15, 0.2) is 58.4 Å². The van der Waals surface area contributed by atoms with Gasteiger partial charge in [-0.1, -0.05) is 30.3 Å². The highest BCUT2D eigenvalue weighted by Crippen LogP contribution is 2.15. The van der Waals surface area contributed by atoms with Gasteiger partial charge in [-0.3, -0.25) is 14.9 Å². The second-order valence-corrected chi connectivity index (χ2v) is 5.88. The first-order chi connectivity index (χ1) is 14.5. The molecule has 0 fully saturated rings. The van der Waals surface area contributed by atoms with Gasteiger partial charge >= 0.3 is 0 Å². The van der Waals surface area contributed by atoms with Crippen molar-refractivity contribution in [1.82, 2.24) is 14.9 Å². The number of hydrogen-bond acceptors (Lipinski definition) is 9. The Labute approximate surface area is 170 Å². The minimum atomic E-state index is -0.599. The molecule has 0 saturated carbocycles. The van der Waals surface area contributed by atoms with Crippen molar-refractivity contribution in [3.8, 4) is 5.75 Å². The summed E-state index contributed by atoms with van der Waals surface area (Å²) in [7, 11) is 1.57. The summed E-state index contributed by atoms with van der Waals surface area (Å²) < 4.78 is 5.84. The molecule has 11 heteroatoms. The van der Waals surface area contributed by atoms with E-state index >= 15 is 0 Å². The van der Waals surface area contributed by atoms with Gasteiger partial charge in [-0.15, -0.1) is 10.2 Å². The van der Waals surface area contributed by atoms with Gasteiger partial charge in [-0.2, -0.15) is 9.78 Å². The number of nitrogens with two attached hydrogens (primary N) is 1. The van der Waals surface area contributed by atoms with Gasteiger partial charge < -0.3 is 10.6 Å². The zero-order valence-corrected chi connectivity index (χ0v) is 15.8. The zero-order chi connectivity index (χ0) is 21.5. The summed E-state index contributed by atoms with van der Waals surface area (Å²) in [5, 5.41) is 22.5. The molecule has 3 N–H and O–H groups in total. The van der Waals surface area contributed by atoms with E-state index in [1.54, 1.807) is 37.5 Å². The van der Waals surface area contributed by atoms with Crippen molar-refractivity contribution in [3.63, 3.8) is 0 Å². The highest BCUT2D eigenvalue weighted by molar-refractivity contribution is 5.85. The number of aromatic nitrogens is 3. The molecule has 1 heterocycles. The van der Waals surface area contributed by atoms with Gasteiger partial charge in [-0.05, 0) is 29.8 Å². The van der Waals surface area contributed by atoms with Crippen LogP contribution in [0.25, 0.3) is 12.2 Å². The van der Waals surface area contributed by atoms with Crippen LogP contribution in [0.2, 0.25) is 0 Å². The summed E-state index contributed by atoms with van der Waals surface area (Å²) >= 11 is 0. The Kier molecular flexibility index (Phi) is 6.13. The molecule has 2 aromatic carbocycles. The van der Waals surface area contributed by atoms with E-state index in [0.29, 0.717) is 5.75 Å². The maximum atomic E-state index is 12.4. The first-order valence-electron chi connectivity index (χ1n) is 8.59. The van der Waals surface area contributed by atoms with Gasteiger partial charge in [0.2, 0.25) is 0 Å². The van der Waals surface area contributed by atoms with E-state index in [9.17, 15) is 14.9 Å². The third-order valence-corrected chi connectivity index (χ3v) is 3.97. The summed E-state index contributed by atoms with van der Waals surface area (Å²) in [5.41, 5.74) is 2.87. The van der Waals surface area contributed by atoms with Gasteiger partial charge in [0, 0.05) is 6.07 Å². The topological polar surface area (TPSA) is 151 Å². The number of anilines is 1. The van der Waals surface area contributed by atoms with E-state index < -0.39 is 10.5 Å². The second-order valence-electron chi connectivity index (χ2n) is 5.88. The molecular formula is C19H17N7O4. The molecule has 0 spiro atoms. The van der Waals surface area contributed by atoms with E-state index in [1.807, 2.05) is 12.1 Å². The van der Waals surface area contributed by atoms with Crippen molar-refractivity contribution in [2.24, 2.45) is 5.10 Å². The van der Waals surface area contributed by atoms with Crippen LogP contribution in [0.4, 0.5) is 11.6 Å². The normalized spacial score (nSPS) is 11.1. The standard InChI is InChI=1S/C19H17N7O4/c1-30-15-9-6-13(7-10-15)8-11-16-18(27)25(20)19(24-22-16)23-21-12-14-4-2-3-5-17(14)26(28)29/h2-12H,20H2,1H3,(H,23,24)/b11-8+,21-12+. The zero-order valence-electron chi connectivity index (χ0n) is 15.8. The number of hydrogen-bond donors (Lipinski definition) is 2. The number of nitro benzene ring substituents is 1. The minimum absolute atomic E-state index is 0.0292. The molecule has 0 aliphatic rings. The minimum Gasteiger partial charge on any atom is -0.497 e. The first kappa shape index (κ1) is 20.2. The molecule has 0 bridgehead atoms. The lowest BCUT2D eigenvalue weighted by Crippen LogP contribution is -2.32. The lowest BCUT2D eigenvalue weighted by Gasteiger charge is -2.05. The van der Waals surface area contributed by atoms with Crippen LogP contribution in [0.1, 0.15) is 16.8 Å². The lowest BCUT2D eigenvalue weighted by molar-refractivity contribution is -0.385. The Morgan fingerprint density at radius 3 is 2.60 bits per heavy atom. The second kappa shape index (κ2) is 9.10. The number of ether oxygens (including phenoxy) is 1. The van der Waals surface area contributed by atoms with Gasteiger partial charge in [0.25, 0.3) is 17.2 Å². The molecule has 3 rings (SSSR count). The van der Waals surface area contributed by atoms with Gasteiger partial charge in [0.05, 0.1) is 23.8 Å². The van der Waals surface area contributed by atoms with Crippen molar-refractivity contribution in [2.75, 3.05) is 18.4 Å². The Balaban J connectivity index is 1.75. The number of nitro groups is 1. The predicted molar refractivity (Wildman–Crippen MR) is 113 cm³/mol. The van der Waals surface area contributed by atoms with Crippen molar-refractivity contribution in [2.45, 2.75) is 0 Å². The molecule has 11 nitrogen and oxygen atoms in total. The van der Waals surface area contributed by atoms with Crippen molar-refractivity contribution < 1.29 is 9.66 Å². The molecule has 0 saturated heterocycles. The molecule has 1 aromatic heterocycles. The summed E-state index contributed by atoms with van der Waals surface area (Å²) in [6, 6.07) is 13.3. The SMILES string of the molecule is COc1ccc(/C=C/c2nnc(N/N=C/c3ccccc3[N+](=O)[O-])n(N)c2=O)cc1. The molecule has 30 heavy (non-hydrogen) atoms. The molecule has 0 radical (unpaired) electrons. The van der Waals surface area contributed by atoms with Crippen LogP contribution in [0, 0.1) is 10.1 Å². The molecule has 3 aromatic rings. The van der Waals surface area contributed by atoms with E-state index in [-0.39, 0.29) is 22.9 Å². The Bertz CT molecular complexity index is 1170. The number of nitrogens with one attached hydrogen (secondary N) is 1. The fourth-order valence-corrected chi connectivity index (χ4v) is 2.41. The smallest absolute Gasteiger partial charge is 0.299 e. The van der Waals surface area contributed by atoms with Crippen molar-refractivity contribution in [1.29, 1.82) is 0 Å². The van der Waals surface area contributed by atoms with E-state index in [0.717, 1.165) is 10.2 Å². The Morgan fingerprint density at radius 1 is 1.17 bits per heavy atom. The number of hydrazone groups is 1. The van der Waals surface area contributed by atoms with E-state index in [4.69, 9.17) is 10.6 Å². The number of rotatable bonds is 7. The average molecular weight is 407 g/mol. The van der Waals surface area contributed by atoms with Crippen LogP contribution < -0.4 is 21.6 Å². The molecular weight excluding hydrogens is 390 g/mol. The lowest BCUT2D eigenvalue weighted by atomic mass is 10.2. The number of para-hydroxylation sites is 1. The molecule has 0 aliphatic heterocycles. The van der Waals surface area contributed by atoms with Crippen molar-refractivity contribution in [3.05, 3.63) is 85.8 Å². The molecule has 0 unspecified atom stereocenters. The third kappa shape index (κ3) is 4.65. The van der Waals surface area contributed by atoms with Crippen LogP contribution in [0.3, 0.4) is 0 Å². The van der Waals surface area contributed by atoms with Gasteiger partial charge in [0.1, 0.15) is 5.75 Å². The summed E-state index contributed by atoms with van der Waals surface area (Å²) in [5.74, 6) is 6.34. The number of methoxy groups -OCH3 is 1. The van der Waals surface area contributed by atoms with Gasteiger partial charge in [0.15, 0.2) is 5.69 Å². The summed E-state index contributed by atoms with van der Waals surface area (Å²) in [4.78, 5) is 22.9. The van der Waals surface area contributed by atoms with Crippen LogP contribution >= 0.6 is 0 Å². The Morgan fingerprint density at radius 2 is 1.90 bits per heavy atom. The summed E-state index contributed by atoms with van der Waals surface area (Å²) in [6.45, 7) is 0. The summed E-state index contributed by atoms with van der Waals surface area (Å²) in [6.07, 6.45) is 4.40. The highest BCUT2D eigenvalue weighted by Gasteiger charge is 2.11. The quantitative estimate of drug-likeness (QED) is 0.261. The number of nitrogen functional groups attached to an aromatic ring is 1. The highest BCUT2D eigenvalue weighted by atomic mass is 16.6. The largest absolute Gasteiger partial charge is 0.497 e. The molecule has 152 valence electrons. The van der Waals surface area contributed by atoms with Crippen LogP contribution in [0.5, 0.6) is 5.75 Å². The van der Waals surface area contributed by atoms with E-state index in [1.165, 1.54) is 24.4 Å². The van der Waals surface area contributed by atoms with Crippen LogP contribution in [-0.4, -0.2) is 33.1 Å².